The number of alkyl halides is 3. The van der Waals surface area contributed by atoms with Crippen LogP contribution in [0.5, 0.6) is 0 Å². The van der Waals surface area contributed by atoms with Crippen molar-refractivity contribution in [3.05, 3.63) is 90.0 Å². The van der Waals surface area contributed by atoms with E-state index in [1.807, 2.05) is 19.0 Å². The molecule has 5 aromatic rings. The molecule has 2 heterocycles. The van der Waals surface area contributed by atoms with E-state index in [4.69, 9.17) is 0 Å². The molecular weight excluding hydrogens is 498 g/mol. The summed E-state index contributed by atoms with van der Waals surface area (Å²) in [6.07, 6.45) is -2.26. The summed E-state index contributed by atoms with van der Waals surface area (Å²) in [5, 5.41) is 19.7. The summed E-state index contributed by atoms with van der Waals surface area (Å²) < 4.78 is 60.6. The van der Waals surface area contributed by atoms with Crippen LogP contribution < -0.4 is 5.32 Å². The fraction of sp³-hybridized carbons (Fsp3) is 0.250. The van der Waals surface area contributed by atoms with E-state index >= 15 is 0 Å². The number of aliphatic hydroxyl groups is 1. The lowest BCUT2D eigenvalue weighted by atomic mass is 9.85. The van der Waals surface area contributed by atoms with Gasteiger partial charge in [-0.15, -0.1) is 0 Å². The zero-order chi connectivity index (χ0) is 27.2. The molecule has 1 unspecified atom stereocenters. The largest absolute Gasteiger partial charge is 0.425 e. The minimum absolute atomic E-state index is 0.257. The SMILES string of the molecule is CN(C)CCNc1ccc2c(C(O)(c3ccc4c(cnn4-c4ccc(F)cc4)c3)C(F)(F)F)cn(C)c2c1. The second kappa shape index (κ2) is 9.45. The predicted molar refractivity (Wildman–Crippen MR) is 140 cm³/mol. The van der Waals surface area contributed by atoms with Crippen molar-refractivity contribution in [2.75, 3.05) is 32.5 Å². The Morgan fingerprint density at radius 2 is 1.71 bits per heavy atom. The molecule has 38 heavy (non-hydrogen) atoms. The van der Waals surface area contributed by atoms with Crippen LogP contribution in [-0.4, -0.2) is 57.7 Å². The second-order valence-corrected chi connectivity index (χ2v) is 9.63. The van der Waals surface area contributed by atoms with Gasteiger partial charge >= 0.3 is 6.18 Å². The molecule has 0 radical (unpaired) electrons. The average Bonchev–Trinajstić information content (AvgIpc) is 3.44. The topological polar surface area (TPSA) is 58.2 Å². The van der Waals surface area contributed by atoms with Gasteiger partial charge in [-0.25, -0.2) is 9.07 Å². The van der Waals surface area contributed by atoms with Crippen LogP contribution in [0, 0.1) is 5.82 Å². The van der Waals surface area contributed by atoms with Crippen LogP contribution >= 0.6 is 0 Å². The number of aryl methyl sites for hydroxylation is 1. The number of halogens is 4. The van der Waals surface area contributed by atoms with E-state index in [9.17, 15) is 22.7 Å². The van der Waals surface area contributed by atoms with Crippen LogP contribution in [-0.2, 0) is 12.6 Å². The average molecular weight is 526 g/mol. The van der Waals surface area contributed by atoms with Crippen LogP contribution in [0.1, 0.15) is 11.1 Å². The molecule has 2 aromatic heterocycles. The molecule has 0 bridgehead atoms. The molecule has 6 nitrogen and oxygen atoms in total. The monoisotopic (exact) mass is 525 g/mol. The van der Waals surface area contributed by atoms with E-state index in [0.717, 1.165) is 12.2 Å². The second-order valence-electron chi connectivity index (χ2n) is 9.63. The highest BCUT2D eigenvalue weighted by Gasteiger charge is 2.57. The van der Waals surface area contributed by atoms with Gasteiger partial charge in [0.25, 0.3) is 0 Å². The molecular formula is C28H27F4N5O. The minimum Gasteiger partial charge on any atom is -0.384 e. The third kappa shape index (κ3) is 4.39. The zero-order valence-electron chi connectivity index (χ0n) is 21.1. The Morgan fingerprint density at radius 3 is 2.39 bits per heavy atom. The lowest BCUT2D eigenvalue weighted by Crippen LogP contribution is -2.43. The molecule has 0 aliphatic heterocycles. The molecule has 0 saturated heterocycles. The van der Waals surface area contributed by atoms with Gasteiger partial charge in [0.2, 0.25) is 5.60 Å². The molecule has 3 aromatic carbocycles. The fourth-order valence-corrected chi connectivity index (χ4v) is 4.72. The number of hydrogen-bond acceptors (Lipinski definition) is 4. The highest BCUT2D eigenvalue weighted by Crippen LogP contribution is 2.47. The minimum atomic E-state index is -5.01. The van der Waals surface area contributed by atoms with Crippen LogP contribution in [0.15, 0.2) is 73.1 Å². The van der Waals surface area contributed by atoms with Gasteiger partial charge in [0.05, 0.1) is 22.9 Å². The van der Waals surface area contributed by atoms with Crippen molar-refractivity contribution in [3.63, 3.8) is 0 Å². The molecule has 0 amide bonds. The number of hydrogen-bond donors (Lipinski definition) is 2. The third-order valence-electron chi connectivity index (χ3n) is 6.74. The summed E-state index contributed by atoms with van der Waals surface area (Å²) in [5.41, 5.74) is -1.43. The molecule has 0 aliphatic rings. The van der Waals surface area contributed by atoms with E-state index in [0.29, 0.717) is 34.0 Å². The predicted octanol–water partition coefficient (Wildman–Crippen LogP) is 5.43. The van der Waals surface area contributed by atoms with Gasteiger partial charge in [0.15, 0.2) is 0 Å². The summed E-state index contributed by atoms with van der Waals surface area (Å²) in [5.74, 6) is -0.408. The van der Waals surface area contributed by atoms with Crippen molar-refractivity contribution in [1.29, 1.82) is 0 Å². The molecule has 0 fully saturated rings. The third-order valence-corrected chi connectivity index (χ3v) is 6.74. The first-order valence-corrected chi connectivity index (χ1v) is 12.0. The van der Waals surface area contributed by atoms with Gasteiger partial charge in [0, 0.05) is 48.4 Å². The first-order valence-electron chi connectivity index (χ1n) is 12.0. The van der Waals surface area contributed by atoms with E-state index in [1.54, 1.807) is 29.8 Å². The Morgan fingerprint density at radius 1 is 0.974 bits per heavy atom. The lowest BCUT2D eigenvalue weighted by molar-refractivity contribution is -0.247. The summed E-state index contributed by atoms with van der Waals surface area (Å²) in [4.78, 5) is 2.02. The van der Waals surface area contributed by atoms with Crippen molar-refractivity contribution in [2.24, 2.45) is 7.05 Å². The van der Waals surface area contributed by atoms with Crippen molar-refractivity contribution < 1.29 is 22.7 Å². The van der Waals surface area contributed by atoms with E-state index < -0.39 is 17.6 Å². The van der Waals surface area contributed by atoms with Crippen LogP contribution in [0.2, 0.25) is 0 Å². The summed E-state index contributed by atoms with van der Waals surface area (Å²) in [6.45, 7) is 1.47. The van der Waals surface area contributed by atoms with Crippen LogP contribution in [0.25, 0.3) is 27.5 Å². The molecule has 0 saturated carbocycles. The first-order chi connectivity index (χ1) is 18.0. The Bertz CT molecular complexity index is 1600. The van der Waals surface area contributed by atoms with Gasteiger partial charge < -0.3 is 19.9 Å². The van der Waals surface area contributed by atoms with E-state index in [2.05, 4.69) is 10.4 Å². The molecule has 1 atom stereocenters. The number of nitrogens with one attached hydrogen (secondary N) is 1. The number of aromatic nitrogens is 3. The number of likely N-dealkylation sites (N-methyl/N-ethyl adjacent to an activating group) is 1. The lowest BCUT2D eigenvalue weighted by Gasteiger charge is -2.31. The Hall–Kier alpha value is -3.89. The first kappa shape index (κ1) is 25.7. The molecule has 2 N–H and O–H groups in total. The number of benzene rings is 3. The van der Waals surface area contributed by atoms with Gasteiger partial charge in [0.1, 0.15) is 5.82 Å². The van der Waals surface area contributed by atoms with Gasteiger partial charge in [-0.2, -0.15) is 18.3 Å². The maximum atomic E-state index is 14.7. The normalized spacial score (nSPS) is 13.9. The number of fused-ring (bicyclic) bond motifs is 2. The Labute approximate surface area is 216 Å². The Kier molecular flexibility index (Phi) is 6.40. The number of nitrogens with zero attached hydrogens (tertiary/aromatic N) is 4. The quantitative estimate of drug-likeness (QED) is 0.279. The highest BCUT2D eigenvalue weighted by molar-refractivity contribution is 5.89. The van der Waals surface area contributed by atoms with Gasteiger partial charge in [-0.05, 0) is 68.2 Å². The maximum absolute atomic E-state index is 14.7. The van der Waals surface area contributed by atoms with Gasteiger partial charge in [-0.1, -0.05) is 12.1 Å². The van der Waals surface area contributed by atoms with Crippen molar-refractivity contribution in [2.45, 2.75) is 11.8 Å². The number of rotatable bonds is 7. The summed E-state index contributed by atoms with van der Waals surface area (Å²) in [7, 11) is 5.57. The molecule has 5 rings (SSSR count). The van der Waals surface area contributed by atoms with Crippen molar-refractivity contribution in [1.82, 2.24) is 19.2 Å². The summed E-state index contributed by atoms with van der Waals surface area (Å²) >= 11 is 0. The van der Waals surface area contributed by atoms with Crippen molar-refractivity contribution in [3.8, 4) is 5.69 Å². The number of anilines is 1. The fourth-order valence-electron chi connectivity index (χ4n) is 4.72. The summed E-state index contributed by atoms with van der Waals surface area (Å²) in [6, 6.07) is 14.8. The van der Waals surface area contributed by atoms with Crippen LogP contribution in [0.3, 0.4) is 0 Å². The molecule has 0 spiro atoms. The smallest absolute Gasteiger partial charge is 0.384 e. The van der Waals surface area contributed by atoms with Crippen LogP contribution in [0.4, 0.5) is 23.2 Å². The molecule has 198 valence electrons. The van der Waals surface area contributed by atoms with Gasteiger partial charge in [-0.3, -0.25) is 0 Å². The Balaban J connectivity index is 1.59. The maximum Gasteiger partial charge on any atom is 0.425 e. The highest BCUT2D eigenvalue weighted by atomic mass is 19.4. The molecule has 10 heteroatoms. The molecule has 0 aliphatic carbocycles. The van der Waals surface area contributed by atoms with Crippen molar-refractivity contribution >= 4 is 27.5 Å². The van der Waals surface area contributed by atoms with E-state index in [1.165, 1.54) is 59.5 Å². The standard InChI is InChI=1S/C28H27F4N5O/c1-35(2)13-12-33-21-7-10-23-24(17-36(3)26(23)15-21)27(38,28(30,31)32)19-4-11-25-18(14-19)16-34-37(25)22-8-5-20(29)6-9-22/h4-11,14-17,33,38H,12-13H2,1-3H3. The van der Waals surface area contributed by atoms with E-state index in [-0.39, 0.29) is 11.1 Å². The zero-order valence-corrected chi connectivity index (χ0v) is 21.1.